The monoisotopic (exact) mass is 512 g/mol. The van der Waals surface area contributed by atoms with Gasteiger partial charge in [0.25, 0.3) is 0 Å². The van der Waals surface area contributed by atoms with Crippen molar-refractivity contribution in [1.29, 1.82) is 0 Å². The number of fused-ring (bicyclic) bond motifs is 1. The summed E-state index contributed by atoms with van der Waals surface area (Å²) >= 11 is 0. The first kappa shape index (κ1) is 25.9. The summed E-state index contributed by atoms with van der Waals surface area (Å²) in [5.74, 6) is 1.72. The molecule has 1 fully saturated rings. The molecule has 0 aliphatic carbocycles. The van der Waals surface area contributed by atoms with E-state index in [-0.39, 0.29) is 17.4 Å². The number of carbonyl (C=O) groups excluding carboxylic acids is 1. The first-order valence-electron chi connectivity index (χ1n) is 13.3. The zero-order valence-corrected chi connectivity index (χ0v) is 22.5. The predicted octanol–water partition coefficient (Wildman–Crippen LogP) is 6.25. The van der Waals surface area contributed by atoms with Crippen LogP contribution >= 0.6 is 0 Å². The van der Waals surface area contributed by atoms with Crippen LogP contribution in [-0.2, 0) is 4.79 Å². The number of nitrogens with zero attached hydrogens (tertiary/aromatic N) is 2. The number of phenols is 2. The van der Waals surface area contributed by atoms with Crippen LogP contribution in [0.3, 0.4) is 0 Å². The summed E-state index contributed by atoms with van der Waals surface area (Å²) in [6, 6.07) is 20.1. The molecule has 2 N–H and O–H groups in total. The standard InChI is InChI=1S/C32H36N2O4/c1-20-14-15-33(18-20)21(2)19-38-28-11-8-24(9-12-28)32-31(25-6-5-7-26(36)16-25)22(3)29-17-27(37)10-13-30(29)34(32)23(4)35/h5-13,16-17,20-21,32,36-37H,14-15,18-19H2,1-4H3/t20-,21+,32?/m1/s1. The molecule has 0 spiro atoms. The Kier molecular flexibility index (Phi) is 7.17. The van der Waals surface area contributed by atoms with Crippen LogP contribution < -0.4 is 9.64 Å². The Morgan fingerprint density at radius 1 is 1.05 bits per heavy atom. The van der Waals surface area contributed by atoms with Gasteiger partial charge in [0.05, 0.1) is 11.7 Å². The third-order valence-electron chi connectivity index (χ3n) is 7.84. The highest BCUT2D eigenvalue weighted by molar-refractivity contribution is 6.08. The smallest absolute Gasteiger partial charge is 0.224 e. The van der Waals surface area contributed by atoms with E-state index < -0.39 is 6.04 Å². The van der Waals surface area contributed by atoms with Crippen molar-refractivity contribution in [2.24, 2.45) is 5.92 Å². The number of anilines is 1. The van der Waals surface area contributed by atoms with Crippen LogP contribution in [-0.4, -0.2) is 46.8 Å². The number of hydrogen-bond acceptors (Lipinski definition) is 5. The highest BCUT2D eigenvalue weighted by atomic mass is 16.5. The third-order valence-corrected chi connectivity index (χ3v) is 7.84. The molecule has 1 amide bonds. The van der Waals surface area contributed by atoms with Crippen molar-refractivity contribution in [2.45, 2.75) is 46.2 Å². The molecular weight excluding hydrogens is 476 g/mol. The average molecular weight is 513 g/mol. The lowest BCUT2D eigenvalue weighted by atomic mass is 9.81. The number of phenolic OH excluding ortho intramolecular Hbond substituents is 2. The van der Waals surface area contributed by atoms with Gasteiger partial charge < -0.3 is 19.8 Å². The van der Waals surface area contributed by atoms with Gasteiger partial charge in [0.15, 0.2) is 0 Å². The highest BCUT2D eigenvalue weighted by Gasteiger charge is 2.36. The van der Waals surface area contributed by atoms with Gasteiger partial charge in [-0.15, -0.1) is 0 Å². The molecule has 3 atom stereocenters. The van der Waals surface area contributed by atoms with Crippen molar-refractivity contribution >= 4 is 22.7 Å². The Balaban J connectivity index is 1.51. The van der Waals surface area contributed by atoms with Crippen molar-refractivity contribution in [1.82, 2.24) is 4.90 Å². The number of amides is 1. The zero-order chi connectivity index (χ0) is 27.0. The van der Waals surface area contributed by atoms with Gasteiger partial charge in [0.1, 0.15) is 23.9 Å². The van der Waals surface area contributed by atoms with Crippen LogP contribution in [0.5, 0.6) is 17.2 Å². The van der Waals surface area contributed by atoms with Crippen LogP contribution in [0.25, 0.3) is 11.1 Å². The SMILES string of the molecule is CC(=O)N1c2ccc(O)cc2C(C)=C(c2cccc(O)c2)C1c1ccc(OC[C@H](C)N2CC[C@@H](C)C2)cc1. The second kappa shape index (κ2) is 10.5. The largest absolute Gasteiger partial charge is 0.508 e. The maximum absolute atomic E-state index is 13.1. The van der Waals surface area contributed by atoms with Crippen LogP contribution in [0.2, 0.25) is 0 Å². The van der Waals surface area contributed by atoms with Crippen LogP contribution in [0.15, 0.2) is 66.7 Å². The topological polar surface area (TPSA) is 73.2 Å². The number of hydrogen-bond donors (Lipinski definition) is 2. The number of carbonyl (C=O) groups is 1. The van der Waals surface area contributed by atoms with Crippen LogP contribution in [0, 0.1) is 5.92 Å². The van der Waals surface area contributed by atoms with Crippen molar-refractivity contribution < 1.29 is 19.7 Å². The summed E-state index contributed by atoms with van der Waals surface area (Å²) in [6.45, 7) is 10.9. The van der Waals surface area contributed by atoms with E-state index in [1.54, 1.807) is 48.2 Å². The molecule has 38 heavy (non-hydrogen) atoms. The summed E-state index contributed by atoms with van der Waals surface area (Å²) in [6.07, 6.45) is 1.24. The lowest BCUT2D eigenvalue weighted by Gasteiger charge is -2.40. The van der Waals surface area contributed by atoms with E-state index in [4.69, 9.17) is 4.74 Å². The van der Waals surface area contributed by atoms with E-state index in [9.17, 15) is 15.0 Å². The molecule has 198 valence electrons. The van der Waals surface area contributed by atoms with Gasteiger partial charge in [-0.3, -0.25) is 9.69 Å². The molecule has 0 saturated carbocycles. The number of rotatable bonds is 6. The van der Waals surface area contributed by atoms with Crippen molar-refractivity contribution in [3.8, 4) is 17.2 Å². The molecule has 0 bridgehead atoms. The Morgan fingerprint density at radius 2 is 1.79 bits per heavy atom. The molecular formula is C32H36N2O4. The summed E-state index contributed by atoms with van der Waals surface area (Å²) < 4.78 is 6.15. The number of likely N-dealkylation sites (tertiary alicyclic amines) is 1. The molecule has 0 aromatic heterocycles. The average Bonchev–Trinajstić information content (AvgIpc) is 3.34. The fourth-order valence-electron chi connectivity index (χ4n) is 5.81. The number of allylic oxidation sites excluding steroid dienone is 1. The molecule has 3 aromatic rings. The zero-order valence-electron chi connectivity index (χ0n) is 22.5. The fraction of sp³-hybridized carbons (Fsp3) is 0.344. The van der Waals surface area contributed by atoms with Crippen molar-refractivity contribution in [3.05, 3.63) is 83.4 Å². The van der Waals surface area contributed by atoms with Gasteiger partial charge in [0.2, 0.25) is 5.91 Å². The quantitative estimate of drug-likeness (QED) is 0.409. The minimum absolute atomic E-state index is 0.110. The molecule has 2 heterocycles. The molecule has 0 radical (unpaired) electrons. The Bertz CT molecular complexity index is 1360. The normalized spacial score (nSPS) is 20.4. The van der Waals surface area contributed by atoms with Gasteiger partial charge in [-0.25, -0.2) is 0 Å². The first-order valence-corrected chi connectivity index (χ1v) is 13.3. The molecule has 6 nitrogen and oxygen atoms in total. The van der Waals surface area contributed by atoms with E-state index in [1.807, 2.05) is 37.3 Å². The lowest BCUT2D eigenvalue weighted by Crippen LogP contribution is -2.37. The van der Waals surface area contributed by atoms with E-state index in [0.29, 0.717) is 12.6 Å². The number of ether oxygens (including phenoxy) is 1. The Hall–Kier alpha value is -3.77. The molecule has 3 aromatic carbocycles. The number of benzene rings is 3. The van der Waals surface area contributed by atoms with Gasteiger partial charge in [-0.2, -0.15) is 0 Å². The Morgan fingerprint density at radius 3 is 2.45 bits per heavy atom. The van der Waals surface area contributed by atoms with E-state index in [1.165, 1.54) is 6.42 Å². The second-order valence-electron chi connectivity index (χ2n) is 10.7. The second-order valence-corrected chi connectivity index (χ2v) is 10.7. The highest BCUT2D eigenvalue weighted by Crippen LogP contribution is 2.50. The molecule has 1 unspecified atom stereocenters. The van der Waals surface area contributed by atoms with Gasteiger partial charge in [-0.05, 0) is 97.5 Å². The number of aromatic hydroxyl groups is 2. The minimum Gasteiger partial charge on any atom is -0.508 e. The van der Waals surface area contributed by atoms with Gasteiger partial charge in [0, 0.05) is 25.1 Å². The van der Waals surface area contributed by atoms with Crippen molar-refractivity contribution in [3.63, 3.8) is 0 Å². The van der Waals surface area contributed by atoms with E-state index in [2.05, 4.69) is 18.7 Å². The van der Waals surface area contributed by atoms with E-state index in [0.717, 1.165) is 58.3 Å². The third kappa shape index (κ3) is 5.01. The molecule has 2 aliphatic rings. The van der Waals surface area contributed by atoms with Gasteiger partial charge in [-0.1, -0.05) is 31.2 Å². The van der Waals surface area contributed by atoms with Crippen LogP contribution in [0.1, 0.15) is 56.8 Å². The first-order chi connectivity index (χ1) is 18.2. The summed E-state index contributed by atoms with van der Waals surface area (Å²) in [4.78, 5) is 17.4. The molecule has 1 saturated heterocycles. The fourth-order valence-corrected chi connectivity index (χ4v) is 5.81. The summed E-state index contributed by atoms with van der Waals surface area (Å²) in [5, 5.41) is 20.5. The summed E-state index contributed by atoms with van der Waals surface area (Å²) in [7, 11) is 0. The molecule has 6 heteroatoms. The summed E-state index contributed by atoms with van der Waals surface area (Å²) in [5.41, 5.74) is 5.14. The minimum atomic E-state index is -0.412. The maximum Gasteiger partial charge on any atom is 0.224 e. The van der Waals surface area contributed by atoms with Crippen molar-refractivity contribution in [2.75, 3.05) is 24.6 Å². The van der Waals surface area contributed by atoms with Crippen LogP contribution in [0.4, 0.5) is 5.69 Å². The predicted molar refractivity (Wildman–Crippen MR) is 151 cm³/mol. The molecule has 5 rings (SSSR count). The van der Waals surface area contributed by atoms with E-state index >= 15 is 0 Å². The maximum atomic E-state index is 13.1. The molecule has 2 aliphatic heterocycles. The van der Waals surface area contributed by atoms with Gasteiger partial charge >= 0.3 is 0 Å². The lowest BCUT2D eigenvalue weighted by molar-refractivity contribution is -0.116. The Labute approximate surface area is 224 Å².